The summed E-state index contributed by atoms with van der Waals surface area (Å²) in [6, 6.07) is 14.8. The number of hydrogen-bond donors (Lipinski definition) is 2. The number of alkyl halides is 3. The van der Waals surface area contributed by atoms with Gasteiger partial charge in [-0.05, 0) is 79.6 Å². The third kappa shape index (κ3) is 5.67. The van der Waals surface area contributed by atoms with Gasteiger partial charge in [0.2, 0.25) is 0 Å². The number of piperidine rings is 1. The van der Waals surface area contributed by atoms with Gasteiger partial charge in [-0.3, -0.25) is 4.79 Å². The Morgan fingerprint density at radius 2 is 1.74 bits per heavy atom. The molecule has 1 unspecified atom stereocenters. The number of ether oxygens (including phenoxy) is 1. The van der Waals surface area contributed by atoms with Crippen LogP contribution in [0, 0.1) is 5.92 Å². The van der Waals surface area contributed by atoms with Crippen LogP contribution in [0.4, 0.5) is 18.0 Å². The zero-order valence-corrected chi connectivity index (χ0v) is 19.0. The predicted octanol–water partition coefficient (Wildman–Crippen LogP) is 6.16. The first-order chi connectivity index (χ1) is 16.6. The smallest absolute Gasteiger partial charge is 0.416 e. The Labute approximate surface area is 200 Å². The maximum atomic E-state index is 12.9. The lowest BCUT2D eigenvalue weighted by atomic mass is 9.90. The molecule has 1 fully saturated rings. The lowest BCUT2D eigenvalue weighted by molar-refractivity contribution is -0.137. The lowest BCUT2D eigenvalue weighted by Gasteiger charge is -2.33. The molecule has 35 heavy (non-hydrogen) atoms. The van der Waals surface area contributed by atoms with E-state index < -0.39 is 17.8 Å². The molecule has 1 saturated heterocycles. The summed E-state index contributed by atoms with van der Waals surface area (Å²) in [5.41, 5.74) is -0.279. The molecule has 0 saturated carbocycles. The van der Waals surface area contributed by atoms with Crippen molar-refractivity contribution in [2.24, 2.45) is 5.92 Å². The van der Waals surface area contributed by atoms with Gasteiger partial charge in [0.15, 0.2) is 0 Å². The molecule has 0 spiro atoms. The van der Waals surface area contributed by atoms with Crippen LogP contribution >= 0.6 is 0 Å². The largest absolute Gasteiger partial charge is 0.465 e. The number of hydrogen-bond acceptors (Lipinski definition) is 3. The van der Waals surface area contributed by atoms with Crippen LogP contribution in [-0.4, -0.2) is 41.1 Å². The number of benzene rings is 3. The van der Waals surface area contributed by atoms with Gasteiger partial charge >= 0.3 is 12.3 Å². The van der Waals surface area contributed by atoms with Crippen molar-refractivity contribution < 1.29 is 32.6 Å². The number of halogens is 3. The summed E-state index contributed by atoms with van der Waals surface area (Å²) in [7, 11) is 0. The SMILES string of the molecule is CC(NC(=O)c1ccc2c(Oc3ccc(C(F)(F)F)cc3)cccc2c1)C1CCN(C(=O)O)CC1. The van der Waals surface area contributed by atoms with Crippen LogP contribution in [0.15, 0.2) is 60.7 Å². The molecular weight excluding hydrogens is 461 g/mol. The minimum Gasteiger partial charge on any atom is -0.465 e. The van der Waals surface area contributed by atoms with E-state index >= 15 is 0 Å². The van der Waals surface area contributed by atoms with Gasteiger partial charge < -0.3 is 20.1 Å². The van der Waals surface area contributed by atoms with Crippen molar-refractivity contribution in [1.82, 2.24) is 10.2 Å². The fourth-order valence-electron chi connectivity index (χ4n) is 4.32. The topological polar surface area (TPSA) is 78.9 Å². The number of carboxylic acid groups (broad SMARTS) is 1. The third-order valence-electron chi connectivity index (χ3n) is 6.39. The second-order valence-corrected chi connectivity index (χ2v) is 8.69. The molecule has 2 N–H and O–H groups in total. The summed E-state index contributed by atoms with van der Waals surface area (Å²) in [6.07, 6.45) is -3.95. The van der Waals surface area contributed by atoms with Gasteiger partial charge in [0.05, 0.1) is 5.56 Å². The predicted molar refractivity (Wildman–Crippen MR) is 125 cm³/mol. The fourth-order valence-corrected chi connectivity index (χ4v) is 4.32. The van der Waals surface area contributed by atoms with Crippen LogP contribution in [0.3, 0.4) is 0 Å². The zero-order valence-electron chi connectivity index (χ0n) is 19.0. The number of likely N-dealkylation sites (tertiary alicyclic amines) is 1. The second-order valence-electron chi connectivity index (χ2n) is 8.69. The number of carbonyl (C=O) groups excluding carboxylic acids is 1. The van der Waals surface area contributed by atoms with Crippen molar-refractivity contribution in [2.45, 2.75) is 32.0 Å². The molecule has 9 heteroatoms. The number of nitrogens with zero attached hydrogens (tertiary/aromatic N) is 1. The van der Waals surface area contributed by atoms with Gasteiger partial charge in [0, 0.05) is 30.1 Å². The van der Waals surface area contributed by atoms with E-state index in [1.807, 2.05) is 13.0 Å². The number of rotatable bonds is 5. The Morgan fingerprint density at radius 3 is 2.37 bits per heavy atom. The molecular formula is C26H25F3N2O4. The molecule has 1 atom stereocenters. The number of fused-ring (bicyclic) bond motifs is 1. The molecule has 0 aliphatic carbocycles. The van der Waals surface area contributed by atoms with Gasteiger partial charge in [-0.15, -0.1) is 0 Å². The molecule has 4 rings (SSSR count). The monoisotopic (exact) mass is 486 g/mol. The van der Waals surface area contributed by atoms with Gasteiger partial charge in [0.1, 0.15) is 11.5 Å². The normalized spacial score (nSPS) is 15.6. The van der Waals surface area contributed by atoms with Gasteiger partial charge in [-0.25, -0.2) is 4.79 Å². The van der Waals surface area contributed by atoms with Crippen LogP contribution in [0.1, 0.15) is 35.7 Å². The summed E-state index contributed by atoms with van der Waals surface area (Å²) in [5, 5.41) is 13.6. The number of nitrogens with one attached hydrogen (secondary N) is 1. The van der Waals surface area contributed by atoms with E-state index in [-0.39, 0.29) is 23.6 Å². The highest BCUT2D eigenvalue weighted by atomic mass is 19.4. The van der Waals surface area contributed by atoms with Crippen molar-refractivity contribution in [3.63, 3.8) is 0 Å². The molecule has 3 aromatic carbocycles. The molecule has 184 valence electrons. The molecule has 1 aliphatic rings. The van der Waals surface area contributed by atoms with Crippen LogP contribution in [0.25, 0.3) is 10.8 Å². The van der Waals surface area contributed by atoms with E-state index in [1.165, 1.54) is 17.0 Å². The van der Waals surface area contributed by atoms with E-state index in [9.17, 15) is 22.8 Å². The zero-order chi connectivity index (χ0) is 25.2. The van der Waals surface area contributed by atoms with Crippen molar-refractivity contribution in [1.29, 1.82) is 0 Å². The van der Waals surface area contributed by atoms with E-state index in [1.54, 1.807) is 30.3 Å². The first-order valence-corrected chi connectivity index (χ1v) is 11.3. The van der Waals surface area contributed by atoms with E-state index in [4.69, 9.17) is 9.84 Å². The van der Waals surface area contributed by atoms with Crippen LogP contribution < -0.4 is 10.1 Å². The fraction of sp³-hybridized carbons (Fsp3) is 0.308. The van der Waals surface area contributed by atoms with Crippen molar-refractivity contribution in [3.8, 4) is 11.5 Å². The Morgan fingerprint density at radius 1 is 1.06 bits per heavy atom. The first-order valence-electron chi connectivity index (χ1n) is 11.3. The van der Waals surface area contributed by atoms with Crippen LogP contribution in [-0.2, 0) is 6.18 Å². The van der Waals surface area contributed by atoms with E-state index in [0.29, 0.717) is 37.2 Å². The molecule has 2 amide bonds. The van der Waals surface area contributed by atoms with Crippen molar-refractivity contribution in [3.05, 3.63) is 71.8 Å². The van der Waals surface area contributed by atoms with Crippen molar-refractivity contribution >= 4 is 22.8 Å². The lowest BCUT2D eigenvalue weighted by Crippen LogP contribution is -2.45. The molecule has 6 nitrogen and oxygen atoms in total. The van der Waals surface area contributed by atoms with E-state index in [0.717, 1.165) is 22.9 Å². The third-order valence-corrected chi connectivity index (χ3v) is 6.39. The summed E-state index contributed by atoms with van der Waals surface area (Å²) >= 11 is 0. The molecule has 1 aliphatic heterocycles. The molecule has 0 aromatic heterocycles. The molecule has 0 radical (unpaired) electrons. The summed E-state index contributed by atoms with van der Waals surface area (Å²) in [6.45, 7) is 2.84. The summed E-state index contributed by atoms with van der Waals surface area (Å²) in [4.78, 5) is 25.3. The minimum absolute atomic E-state index is 0.108. The number of carbonyl (C=O) groups is 2. The second kappa shape index (κ2) is 9.85. The Hall–Kier alpha value is -3.75. The number of amides is 2. The Balaban J connectivity index is 1.44. The minimum atomic E-state index is -4.41. The average molecular weight is 486 g/mol. The molecule has 3 aromatic rings. The Kier molecular flexibility index (Phi) is 6.86. The van der Waals surface area contributed by atoms with Crippen LogP contribution in [0.2, 0.25) is 0 Å². The average Bonchev–Trinajstić information content (AvgIpc) is 2.83. The van der Waals surface area contributed by atoms with Gasteiger partial charge in [0.25, 0.3) is 5.91 Å². The van der Waals surface area contributed by atoms with Gasteiger partial charge in [-0.2, -0.15) is 13.2 Å². The highest BCUT2D eigenvalue weighted by Crippen LogP contribution is 2.34. The maximum absolute atomic E-state index is 12.9. The van der Waals surface area contributed by atoms with E-state index in [2.05, 4.69) is 5.32 Å². The highest BCUT2D eigenvalue weighted by molar-refractivity contribution is 6.00. The van der Waals surface area contributed by atoms with Crippen molar-refractivity contribution in [2.75, 3.05) is 13.1 Å². The van der Waals surface area contributed by atoms with Crippen LogP contribution in [0.5, 0.6) is 11.5 Å². The highest BCUT2D eigenvalue weighted by Gasteiger charge is 2.30. The maximum Gasteiger partial charge on any atom is 0.416 e. The summed E-state index contributed by atoms with van der Waals surface area (Å²) < 4.78 is 44.2. The Bertz CT molecular complexity index is 1220. The molecule has 0 bridgehead atoms. The standard InChI is InChI=1S/C26H25F3N2O4/c1-16(17-11-13-31(14-12-17)25(33)34)30-24(32)19-5-10-22-18(15-19)3-2-4-23(22)35-21-8-6-20(7-9-21)26(27,28)29/h2-10,15-17H,11-14H2,1H3,(H,30,32)(H,33,34). The van der Waals surface area contributed by atoms with Gasteiger partial charge in [-0.1, -0.05) is 12.1 Å². The first kappa shape index (κ1) is 24.4. The summed E-state index contributed by atoms with van der Waals surface area (Å²) in [5.74, 6) is 0.704. The molecule has 1 heterocycles. The quantitative estimate of drug-likeness (QED) is 0.453.